The van der Waals surface area contributed by atoms with Gasteiger partial charge >= 0.3 is 0 Å². The second-order valence-corrected chi connectivity index (χ2v) is 8.51. The number of rotatable bonds is 3. The summed E-state index contributed by atoms with van der Waals surface area (Å²) in [5.74, 6) is 2.45. The molecule has 3 aliphatic rings. The van der Waals surface area contributed by atoms with E-state index in [-0.39, 0.29) is 0 Å². The summed E-state index contributed by atoms with van der Waals surface area (Å²) in [4.78, 5) is 19.6. The van der Waals surface area contributed by atoms with Gasteiger partial charge in [0.25, 0.3) is 0 Å². The molecule has 0 aromatic carbocycles. The SMILES string of the molecule is Cc1ccc(CN2CCC3(CCC(=O)N([C@H]4CCN(C)C4)C3)CC2)o1. The van der Waals surface area contributed by atoms with Crippen LogP contribution in [-0.2, 0) is 11.3 Å². The largest absolute Gasteiger partial charge is 0.465 e. The predicted octanol–water partition coefficient (Wildman–Crippen LogP) is 2.50. The first-order valence-electron chi connectivity index (χ1n) is 9.79. The van der Waals surface area contributed by atoms with Crippen LogP contribution in [0.1, 0.15) is 43.6 Å². The summed E-state index contributed by atoms with van der Waals surface area (Å²) in [5, 5.41) is 0. The van der Waals surface area contributed by atoms with Crippen LogP contribution in [0.2, 0.25) is 0 Å². The van der Waals surface area contributed by atoms with Crippen LogP contribution in [0.4, 0.5) is 0 Å². The van der Waals surface area contributed by atoms with Crippen LogP contribution < -0.4 is 0 Å². The zero-order valence-electron chi connectivity index (χ0n) is 15.7. The van der Waals surface area contributed by atoms with Crippen molar-refractivity contribution in [3.8, 4) is 0 Å². The van der Waals surface area contributed by atoms with Gasteiger partial charge < -0.3 is 14.2 Å². The van der Waals surface area contributed by atoms with Gasteiger partial charge in [0.2, 0.25) is 5.91 Å². The standard InChI is InChI=1S/C20H31N3O2/c1-16-3-4-18(25-16)14-22-11-8-20(9-12-22)7-5-19(24)23(15-20)17-6-10-21(2)13-17/h3-4,17H,5-15H2,1-2H3/t17-/m0/s1. The van der Waals surface area contributed by atoms with E-state index >= 15 is 0 Å². The molecule has 1 spiro atoms. The van der Waals surface area contributed by atoms with Gasteiger partial charge in [-0.05, 0) is 76.8 Å². The summed E-state index contributed by atoms with van der Waals surface area (Å²) < 4.78 is 5.73. The highest BCUT2D eigenvalue weighted by Gasteiger charge is 2.43. The van der Waals surface area contributed by atoms with Gasteiger partial charge in [-0.15, -0.1) is 0 Å². The molecule has 0 bridgehead atoms. The third-order valence-electron chi connectivity index (χ3n) is 6.59. The summed E-state index contributed by atoms with van der Waals surface area (Å²) in [6.07, 6.45) is 5.39. The summed E-state index contributed by atoms with van der Waals surface area (Å²) in [6.45, 7) is 8.31. The fourth-order valence-corrected chi connectivity index (χ4v) is 4.93. The second kappa shape index (κ2) is 6.76. The Balaban J connectivity index is 1.35. The van der Waals surface area contributed by atoms with E-state index in [1.165, 1.54) is 12.8 Å². The molecule has 0 unspecified atom stereocenters. The number of nitrogens with zero attached hydrogens (tertiary/aromatic N) is 3. The second-order valence-electron chi connectivity index (χ2n) is 8.51. The fourth-order valence-electron chi connectivity index (χ4n) is 4.93. The highest BCUT2D eigenvalue weighted by molar-refractivity contribution is 5.77. The smallest absolute Gasteiger partial charge is 0.222 e. The molecule has 3 aliphatic heterocycles. The Kier molecular flexibility index (Phi) is 4.63. The molecule has 4 heterocycles. The van der Waals surface area contributed by atoms with Crippen molar-refractivity contribution in [3.63, 3.8) is 0 Å². The number of aryl methyl sites for hydroxylation is 1. The van der Waals surface area contributed by atoms with E-state index in [9.17, 15) is 4.79 Å². The molecule has 4 rings (SSSR count). The Hall–Kier alpha value is -1.33. The Labute approximate surface area is 150 Å². The Bertz CT molecular complexity index is 618. The quantitative estimate of drug-likeness (QED) is 0.844. The third-order valence-corrected chi connectivity index (χ3v) is 6.59. The van der Waals surface area contributed by atoms with Crippen LogP contribution in [0, 0.1) is 12.3 Å². The third kappa shape index (κ3) is 3.63. The molecule has 5 heteroatoms. The molecular formula is C20H31N3O2. The summed E-state index contributed by atoms with van der Waals surface area (Å²) >= 11 is 0. The number of carbonyl (C=O) groups excluding carboxylic acids is 1. The lowest BCUT2D eigenvalue weighted by molar-refractivity contribution is -0.142. The van der Waals surface area contributed by atoms with E-state index in [0.717, 1.165) is 70.1 Å². The molecule has 3 fully saturated rings. The minimum Gasteiger partial charge on any atom is -0.465 e. The molecule has 0 aliphatic carbocycles. The first-order valence-corrected chi connectivity index (χ1v) is 9.79. The van der Waals surface area contributed by atoms with Gasteiger partial charge in [-0.25, -0.2) is 0 Å². The van der Waals surface area contributed by atoms with Gasteiger partial charge in [-0.1, -0.05) is 0 Å². The van der Waals surface area contributed by atoms with Crippen LogP contribution >= 0.6 is 0 Å². The monoisotopic (exact) mass is 345 g/mol. The van der Waals surface area contributed by atoms with Gasteiger partial charge in [0.05, 0.1) is 6.54 Å². The molecule has 5 nitrogen and oxygen atoms in total. The van der Waals surface area contributed by atoms with Gasteiger partial charge in [0.1, 0.15) is 11.5 Å². The lowest BCUT2D eigenvalue weighted by Crippen LogP contribution is -2.54. The van der Waals surface area contributed by atoms with E-state index in [1.807, 2.05) is 13.0 Å². The molecule has 1 aromatic heterocycles. The number of furan rings is 1. The van der Waals surface area contributed by atoms with Gasteiger partial charge in [-0.3, -0.25) is 9.69 Å². The number of hydrogen-bond acceptors (Lipinski definition) is 4. The van der Waals surface area contributed by atoms with E-state index in [2.05, 4.69) is 27.8 Å². The lowest BCUT2D eigenvalue weighted by Gasteiger charge is -2.49. The Morgan fingerprint density at radius 1 is 1.20 bits per heavy atom. The number of carbonyl (C=O) groups is 1. The van der Waals surface area contributed by atoms with Crippen LogP contribution in [-0.4, -0.2) is 66.4 Å². The number of likely N-dealkylation sites (N-methyl/N-ethyl adjacent to an activating group) is 1. The van der Waals surface area contributed by atoms with E-state index < -0.39 is 0 Å². The predicted molar refractivity (Wildman–Crippen MR) is 97.2 cm³/mol. The minimum absolute atomic E-state index is 0.352. The number of amides is 1. The molecule has 0 N–H and O–H groups in total. The highest BCUT2D eigenvalue weighted by atomic mass is 16.3. The first kappa shape index (κ1) is 17.1. The topological polar surface area (TPSA) is 39.9 Å². The highest BCUT2D eigenvalue weighted by Crippen LogP contribution is 2.41. The zero-order valence-corrected chi connectivity index (χ0v) is 15.7. The van der Waals surface area contributed by atoms with E-state index in [1.54, 1.807) is 0 Å². The zero-order chi connectivity index (χ0) is 17.4. The van der Waals surface area contributed by atoms with Crippen molar-refractivity contribution < 1.29 is 9.21 Å². The van der Waals surface area contributed by atoms with Crippen molar-refractivity contribution in [2.24, 2.45) is 5.41 Å². The molecule has 25 heavy (non-hydrogen) atoms. The van der Waals surface area contributed by atoms with Crippen molar-refractivity contribution in [3.05, 3.63) is 23.7 Å². The molecular weight excluding hydrogens is 314 g/mol. The molecule has 138 valence electrons. The maximum atomic E-state index is 12.5. The molecule has 1 atom stereocenters. The Morgan fingerprint density at radius 3 is 2.64 bits per heavy atom. The average Bonchev–Trinajstić information content (AvgIpc) is 3.21. The first-order chi connectivity index (χ1) is 12.0. The summed E-state index contributed by atoms with van der Waals surface area (Å²) in [7, 11) is 2.17. The van der Waals surface area contributed by atoms with Crippen LogP contribution in [0.25, 0.3) is 0 Å². The van der Waals surface area contributed by atoms with E-state index in [4.69, 9.17) is 4.42 Å². The summed E-state index contributed by atoms with van der Waals surface area (Å²) in [6, 6.07) is 4.58. The van der Waals surface area contributed by atoms with Gasteiger partial charge in [0.15, 0.2) is 0 Å². The fraction of sp³-hybridized carbons (Fsp3) is 0.750. The van der Waals surface area contributed by atoms with Crippen molar-refractivity contribution in [2.75, 3.05) is 39.8 Å². The minimum atomic E-state index is 0.352. The summed E-state index contributed by atoms with van der Waals surface area (Å²) in [5.41, 5.74) is 0.352. The van der Waals surface area contributed by atoms with Crippen LogP contribution in [0.5, 0.6) is 0 Å². The maximum Gasteiger partial charge on any atom is 0.222 e. The normalized spacial score (nSPS) is 28.2. The average molecular weight is 345 g/mol. The van der Waals surface area contributed by atoms with Gasteiger partial charge in [-0.2, -0.15) is 0 Å². The maximum absolute atomic E-state index is 12.5. The van der Waals surface area contributed by atoms with Crippen molar-refractivity contribution in [2.45, 2.75) is 51.6 Å². The van der Waals surface area contributed by atoms with E-state index in [0.29, 0.717) is 17.4 Å². The van der Waals surface area contributed by atoms with Crippen molar-refractivity contribution in [1.29, 1.82) is 0 Å². The molecule has 0 saturated carbocycles. The molecule has 0 radical (unpaired) electrons. The van der Waals surface area contributed by atoms with Crippen molar-refractivity contribution in [1.82, 2.24) is 14.7 Å². The van der Waals surface area contributed by atoms with Gasteiger partial charge in [0, 0.05) is 25.6 Å². The van der Waals surface area contributed by atoms with Crippen molar-refractivity contribution >= 4 is 5.91 Å². The van der Waals surface area contributed by atoms with Crippen LogP contribution in [0.15, 0.2) is 16.5 Å². The molecule has 1 aromatic rings. The van der Waals surface area contributed by atoms with Crippen LogP contribution in [0.3, 0.4) is 0 Å². The molecule has 1 amide bonds. The Morgan fingerprint density at radius 2 is 2.00 bits per heavy atom. The molecule has 3 saturated heterocycles. The number of piperidine rings is 2. The number of likely N-dealkylation sites (tertiary alicyclic amines) is 3. The number of hydrogen-bond donors (Lipinski definition) is 0. The lowest BCUT2D eigenvalue weighted by atomic mass is 9.72.